The van der Waals surface area contributed by atoms with Crippen molar-refractivity contribution in [1.82, 2.24) is 19.7 Å². The van der Waals surface area contributed by atoms with Gasteiger partial charge in [0.1, 0.15) is 18.1 Å². The van der Waals surface area contributed by atoms with Gasteiger partial charge >= 0.3 is 0 Å². The lowest BCUT2D eigenvalue weighted by Gasteiger charge is -1.98. The fraction of sp³-hybridized carbons (Fsp3) is 0. The van der Waals surface area contributed by atoms with E-state index in [1.165, 1.54) is 0 Å². The molecule has 5 nitrogen and oxygen atoms in total. The summed E-state index contributed by atoms with van der Waals surface area (Å²) in [4.78, 5) is 3.70. The van der Waals surface area contributed by atoms with Crippen LogP contribution in [0, 0.1) is 0 Å². The normalized spacial score (nSPS) is 14.5. The summed E-state index contributed by atoms with van der Waals surface area (Å²) in [5.41, 5.74) is 5.34. The van der Waals surface area contributed by atoms with Crippen LogP contribution >= 0.6 is 15.9 Å². The molecule has 0 aliphatic rings. The maximum absolute atomic E-state index is 7.68. The second-order valence-electron chi connectivity index (χ2n) is 2.11. The quantitative estimate of drug-likeness (QED) is 0.812. The molecular weight excluding hydrogens is 234 g/mol. The lowest BCUT2D eigenvalue weighted by Crippen LogP contribution is -1.98. The predicted molar refractivity (Wildman–Crippen MR) is 51.3 cm³/mol. The van der Waals surface area contributed by atoms with E-state index < -0.39 is 0 Å². The number of anilines is 1. The van der Waals surface area contributed by atoms with Crippen molar-refractivity contribution in [2.75, 3.05) is 5.73 Å². The van der Waals surface area contributed by atoms with E-state index in [4.69, 9.17) is 11.2 Å². The SMILES string of the molecule is [2H]c1c(N)nnc(-n2c([2H])nc(Br)c2[2H])c1[2H]. The molecule has 2 N–H and O–H groups in total. The van der Waals surface area contributed by atoms with E-state index in [0.717, 1.165) is 4.57 Å². The van der Waals surface area contributed by atoms with Gasteiger partial charge in [-0.1, -0.05) is 0 Å². The Kier molecular flexibility index (Phi) is 1.14. The third-order valence-corrected chi connectivity index (χ3v) is 1.57. The standard InChI is InChI=1S/C7H6BrN5/c8-5-3-13(4-10-5)7-2-1-6(9)11-12-7/h1-4H,(H2,9,11)/i1D,2D,3D,4D. The molecule has 0 spiro atoms. The number of aromatic nitrogens is 4. The van der Waals surface area contributed by atoms with E-state index in [-0.39, 0.29) is 40.8 Å². The van der Waals surface area contributed by atoms with Gasteiger partial charge in [-0.25, -0.2) is 4.98 Å². The number of nitrogen functional groups attached to an aromatic ring is 1. The summed E-state index contributed by atoms with van der Waals surface area (Å²) in [5, 5.41) is 7.12. The number of nitrogens with two attached hydrogens (primary N) is 1. The van der Waals surface area contributed by atoms with Crippen molar-refractivity contribution in [3.63, 3.8) is 0 Å². The average Bonchev–Trinajstić information content (AvgIpc) is 2.52. The molecule has 6 heteroatoms. The number of nitrogens with zero attached hydrogens (tertiary/aromatic N) is 4. The van der Waals surface area contributed by atoms with E-state index in [0.29, 0.717) is 0 Å². The van der Waals surface area contributed by atoms with Crippen LogP contribution in [0.3, 0.4) is 0 Å². The Hall–Kier alpha value is -1.43. The van der Waals surface area contributed by atoms with Crippen LogP contribution in [0.5, 0.6) is 0 Å². The highest BCUT2D eigenvalue weighted by molar-refractivity contribution is 9.10. The van der Waals surface area contributed by atoms with Crippen molar-refractivity contribution in [3.8, 4) is 5.82 Å². The molecule has 0 unspecified atom stereocenters. The van der Waals surface area contributed by atoms with Gasteiger partial charge in [0, 0.05) is 6.17 Å². The van der Waals surface area contributed by atoms with Crippen molar-refractivity contribution < 1.29 is 5.48 Å². The molecule has 0 bridgehead atoms. The molecule has 0 aliphatic heterocycles. The zero-order valence-corrected chi connectivity index (χ0v) is 7.83. The summed E-state index contributed by atoms with van der Waals surface area (Å²) in [6, 6.07) is -0.594. The minimum atomic E-state index is -0.301. The molecule has 0 fully saturated rings. The van der Waals surface area contributed by atoms with Gasteiger partial charge in [-0.15, -0.1) is 10.2 Å². The van der Waals surface area contributed by atoms with Crippen LogP contribution < -0.4 is 5.73 Å². The number of hydrogen-bond acceptors (Lipinski definition) is 4. The molecule has 0 radical (unpaired) electrons. The van der Waals surface area contributed by atoms with Crippen LogP contribution in [-0.4, -0.2) is 19.7 Å². The van der Waals surface area contributed by atoms with E-state index in [9.17, 15) is 0 Å². The molecule has 0 aliphatic carbocycles. The van der Waals surface area contributed by atoms with E-state index >= 15 is 0 Å². The van der Waals surface area contributed by atoms with Gasteiger partial charge in [-0.05, 0) is 28.0 Å². The van der Waals surface area contributed by atoms with E-state index in [1.54, 1.807) is 0 Å². The molecule has 0 saturated carbocycles. The number of hydrogen-bond donors (Lipinski definition) is 1. The lowest BCUT2D eigenvalue weighted by molar-refractivity contribution is 0.918. The molecular formula is C7H6BrN5. The Morgan fingerprint density at radius 1 is 1.46 bits per heavy atom. The second-order valence-corrected chi connectivity index (χ2v) is 2.86. The molecule has 0 atom stereocenters. The average molecular weight is 244 g/mol. The summed E-state index contributed by atoms with van der Waals surface area (Å²) in [6.07, 6.45) is -0.407. The van der Waals surface area contributed by atoms with Crippen molar-refractivity contribution >= 4 is 21.7 Å². The zero-order chi connectivity index (χ0) is 12.7. The Labute approximate surface area is 88.4 Å². The van der Waals surface area contributed by atoms with Gasteiger partial charge in [0.15, 0.2) is 5.82 Å². The summed E-state index contributed by atoms with van der Waals surface area (Å²) in [6.45, 7) is 0. The van der Waals surface area contributed by atoms with E-state index in [2.05, 4.69) is 31.1 Å². The van der Waals surface area contributed by atoms with Gasteiger partial charge < -0.3 is 5.73 Å². The second kappa shape index (κ2) is 3.14. The fourth-order valence-electron chi connectivity index (χ4n) is 0.708. The van der Waals surface area contributed by atoms with Gasteiger partial charge in [-0.2, -0.15) is 0 Å². The Bertz CT molecular complexity index is 598. The molecule has 0 amide bonds. The minimum Gasteiger partial charge on any atom is -0.382 e. The highest BCUT2D eigenvalue weighted by Gasteiger charge is 1.99. The molecule has 0 aromatic carbocycles. The minimum absolute atomic E-state index is 0.114. The first kappa shape index (κ1) is 4.71. The smallest absolute Gasteiger partial charge is 0.160 e. The fourth-order valence-corrected chi connectivity index (χ4v) is 0.965. The first-order valence-corrected chi connectivity index (χ1v) is 4.04. The molecule has 2 rings (SSSR count). The molecule has 2 heterocycles. The van der Waals surface area contributed by atoms with Crippen LogP contribution in [0.1, 0.15) is 5.48 Å². The molecule has 66 valence electrons. The topological polar surface area (TPSA) is 69.6 Å². The highest BCUT2D eigenvalue weighted by atomic mass is 79.9. The largest absolute Gasteiger partial charge is 0.382 e. The van der Waals surface area contributed by atoms with Crippen LogP contribution in [0.15, 0.2) is 29.2 Å². The zero-order valence-electron chi connectivity index (χ0n) is 10.2. The van der Waals surface area contributed by atoms with Crippen molar-refractivity contribution in [2.45, 2.75) is 0 Å². The number of imidazole rings is 1. The highest BCUT2D eigenvalue weighted by Crippen LogP contribution is 2.09. The van der Waals surface area contributed by atoms with E-state index in [1.807, 2.05) is 0 Å². The van der Waals surface area contributed by atoms with Gasteiger partial charge in [-0.3, -0.25) is 4.57 Å². The third kappa shape index (κ3) is 1.67. The number of rotatable bonds is 1. The van der Waals surface area contributed by atoms with Gasteiger partial charge in [0.2, 0.25) is 0 Å². The first-order valence-electron chi connectivity index (χ1n) is 5.24. The van der Waals surface area contributed by atoms with Crippen molar-refractivity contribution in [2.24, 2.45) is 0 Å². The van der Waals surface area contributed by atoms with Crippen LogP contribution in [0.2, 0.25) is 0 Å². The molecule has 2 aromatic rings. The van der Waals surface area contributed by atoms with Crippen LogP contribution in [0.4, 0.5) is 5.82 Å². The Balaban J connectivity index is 2.73. The molecule has 0 saturated heterocycles. The molecule has 13 heavy (non-hydrogen) atoms. The first-order chi connectivity index (χ1) is 7.93. The third-order valence-electron chi connectivity index (χ3n) is 1.22. The monoisotopic (exact) mass is 243 g/mol. The van der Waals surface area contributed by atoms with Crippen LogP contribution in [-0.2, 0) is 0 Å². The summed E-state index contributed by atoms with van der Waals surface area (Å²) < 4.78 is 31.5. The molecule has 2 aromatic heterocycles. The van der Waals surface area contributed by atoms with Crippen molar-refractivity contribution in [1.29, 1.82) is 0 Å². The Morgan fingerprint density at radius 2 is 2.31 bits per heavy atom. The maximum Gasteiger partial charge on any atom is 0.160 e. The summed E-state index contributed by atoms with van der Waals surface area (Å²) in [7, 11) is 0. The maximum atomic E-state index is 7.68. The summed E-state index contributed by atoms with van der Waals surface area (Å²) in [5.74, 6) is -0.284. The summed E-state index contributed by atoms with van der Waals surface area (Å²) >= 11 is 3.00. The van der Waals surface area contributed by atoms with Gasteiger partial charge in [0.05, 0.1) is 4.11 Å². The van der Waals surface area contributed by atoms with Crippen LogP contribution in [0.25, 0.3) is 5.82 Å². The number of halogens is 1. The van der Waals surface area contributed by atoms with Crippen molar-refractivity contribution in [3.05, 3.63) is 29.2 Å². The van der Waals surface area contributed by atoms with Gasteiger partial charge in [0.25, 0.3) is 0 Å². The Morgan fingerprint density at radius 3 is 3.00 bits per heavy atom. The lowest BCUT2D eigenvalue weighted by atomic mass is 10.5. The predicted octanol–water partition coefficient (Wildman–Crippen LogP) is 1.01.